The van der Waals surface area contributed by atoms with Crippen LogP contribution in [-0.4, -0.2) is 27.2 Å². The first-order valence-electron chi connectivity index (χ1n) is 9.00. The number of nitrogens with one attached hydrogen (secondary N) is 1. The normalized spacial score (nSPS) is 10.8. The van der Waals surface area contributed by atoms with Gasteiger partial charge in [0.05, 0.1) is 22.9 Å². The molecule has 1 heterocycles. The minimum absolute atomic E-state index is 0.0147. The van der Waals surface area contributed by atoms with Gasteiger partial charge < -0.3 is 10.1 Å². The van der Waals surface area contributed by atoms with Gasteiger partial charge in [-0.3, -0.25) is 14.9 Å². The zero-order valence-corrected chi connectivity index (χ0v) is 16.0. The Balaban J connectivity index is 1.79. The summed E-state index contributed by atoms with van der Waals surface area (Å²) in [6, 6.07) is 15.1. The number of aromatic nitrogens is 2. The van der Waals surface area contributed by atoms with Gasteiger partial charge in [-0.2, -0.15) is 5.10 Å². The Kier molecular flexibility index (Phi) is 6.03. The van der Waals surface area contributed by atoms with Crippen molar-refractivity contribution in [2.24, 2.45) is 0 Å². The molecular formula is C21H20N4O4. The SMILES string of the molecule is CCOc1ccccc1/C=C/C(=O)Nc1cc(C)nn1-c1ccc([N+](=O)[O-])cc1. The van der Waals surface area contributed by atoms with Gasteiger partial charge in [0.15, 0.2) is 0 Å². The zero-order chi connectivity index (χ0) is 20.8. The molecule has 29 heavy (non-hydrogen) atoms. The molecule has 8 heteroatoms. The van der Waals surface area contributed by atoms with E-state index >= 15 is 0 Å². The number of nitro groups is 1. The molecule has 0 saturated heterocycles. The lowest BCUT2D eigenvalue weighted by molar-refractivity contribution is -0.384. The number of non-ortho nitro benzene ring substituents is 1. The zero-order valence-electron chi connectivity index (χ0n) is 16.0. The molecule has 3 aromatic rings. The number of carbonyl (C=O) groups is 1. The molecule has 0 unspecified atom stereocenters. The average Bonchev–Trinajstić information content (AvgIpc) is 3.07. The number of amides is 1. The largest absolute Gasteiger partial charge is 0.493 e. The first-order valence-corrected chi connectivity index (χ1v) is 9.00. The topological polar surface area (TPSA) is 99.3 Å². The Morgan fingerprint density at radius 2 is 1.97 bits per heavy atom. The molecule has 0 saturated carbocycles. The number of nitrogens with zero attached hydrogens (tertiary/aromatic N) is 3. The van der Waals surface area contributed by atoms with E-state index in [9.17, 15) is 14.9 Å². The maximum Gasteiger partial charge on any atom is 0.269 e. The summed E-state index contributed by atoms with van der Waals surface area (Å²) in [6.45, 7) is 4.23. The Hall–Kier alpha value is -3.94. The summed E-state index contributed by atoms with van der Waals surface area (Å²) in [5.41, 5.74) is 2.08. The fourth-order valence-corrected chi connectivity index (χ4v) is 2.74. The Bertz CT molecular complexity index is 1050. The van der Waals surface area contributed by atoms with E-state index in [0.29, 0.717) is 29.6 Å². The van der Waals surface area contributed by atoms with Crippen molar-refractivity contribution < 1.29 is 14.5 Å². The van der Waals surface area contributed by atoms with Gasteiger partial charge in [0.1, 0.15) is 11.6 Å². The van der Waals surface area contributed by atoms with E-state index in [0.717, 1.165) is 5.56 Å². The minimum atomic E-state index is -0.467. The third-order valence-electron chi connectivity index (χ3n) is 4.02. The average molecular weight is 392 g/mol. The van der Waals surface area contributed by atoms with Crippen LogP contribution in [0.4, 0.5) is 11.5 Å². The molecule has 148 valence electrons. The molecule has 0 radical (unpaired) electrons. The third kappa shape index (κ3) is 4.86. The van der Waals surface area contributed by atoms with Gasteiger partial charge in [0, 0.05) is 29.8 Å². The maximum atomic E-state index is 12.4. The van der Waals surface area contributed by atoms with Crippen LogP contribution in [-0.2, 0) is 4.79 Å². The van der Waals surface area contributed by atoms with Gasteiger partial charge >= 0.3 is 0 Å². The van der Waals surface area contributed by atoms with Crippen LogP contribution in [0.1, 0.15) is 18.2 Å². The molecule has 1 N–H and O–H groups in total. The van der Waals surface area contributed by atoms with Crippen LogP contribution in [0.5, 0.6) is 5.75 Å². The van der Waals surface area contributed by atoms with E-state index in [1.165, 1.54) is 22.9 Å². The molecule has 3 rings (SSSR count). The number of anilines is 1. The van der Waals surface area contributed by atoms with Crippen molar-refractivity contribution in [3.05, 3.63) is 82.0 Å². The fraction of sp³-hybridized carbons (Fsp3) is 0.143. The highest BCUT2D eigenvalue weighted by Crippen LogP contribution is 2.21. The molecular weight excluding hydrogens is 372 g/mol. The second kappa shape index (κ2) is 8.83. The first-order chi connectivity index (χ1) is 14.0. The van der Waals surface area contributed by atoms with Crippen molar-refractivity contribution in [3.8, 4) is 11.4 Å². The van der Waals surface area contributed by atoms with Gasteiger partial charge in [-0.1, -0.05) is 18.2 Å². The highest BCUT2D eigenvalue weighted by Gasteiger charge is 2.12. The quantitative estimate of drug-likeness (QED) is 0.370. The summed E-state index contributed by atoms with van der Waals surface area (Å²) in [4.78, 5) is 22.8. The Morgan fingerprint density at radius 1 is 1.24 bits per heavy atom. The summed E-state index contributed by atoms with van der Waals surface area (Å²) in [5.74, 6) is 0.828. The Labute approximate surface area is 167 Å². The number of hydrogen-bond donors (Lipinski definition) is 1. The molecule has 0 aliphatic heterocycles. The number of nitro benzene ring substituents is 1. The highest BCUT2D eigenvalue weighted by molar-refractivity contribution is 6.01. The van der Waals surface area contributed by atoms with E-state index in [1.807, 2.05) is 31.2 Å². The van der Waals surface area contributed by atoms with Crippen LogP contribution in [0.2, 0.25) is 0 Å². The number of rotatable bonds is 7. The summed E-state index contributed by atoms with van der Waals surface area (Å²) >= 11 is 0. The molecule has 0 fully saturated rings. The number of ether oxygens (including phenoxy) is 1. The van der Waals surface area contributed by atoms with Crippen LogP contribution in [0.3, 0.4) is 0 Å². The predicted molar refractivity (Wildman–Crippen MR) is 110 cm³/mol. The molecule has 2 aromatic carbocycles. The van der Waals surface area contributed by atoms with Gasteiger partial charge in [0.2, 0.25) is 5.91 Å². The van der Waals surface area contributed by atoms with Crippen LogP contribution >= 0.6 is 0 Å². The number of para-hydroxylation sites is 1. The van der Waals surface area contributed by atoms with Crippen molar-refractivity contribution in [1.82, 2.24) is 9.78 Å². The summed E-state index contributed by atoms with van der Waals surface area (Å²) in [7, 11) is 0. The second-order valence-electron chi connectivity index (χ2n) is 6.15. The molecule has 0 spiro atoms. The van der Waals surface area contributed by atoms with E-state index in [4.69, 9.17) is 4.74 Å². The fourth-order valence-electron chi connectivity index (χ4n) is 2.74. The van der Waals surface area contributed by atoms with Gasteiger partial charge in [0.25, 0.3) is 5.69 Å². The lowest BCUT2D eigenvalue weighted by Gasteiger charge is -2.08. The summed E-state index contributed by atoms with van der Waals surface area (Å²) in [6.07, 6.45) is 3.10. The minimum Gasteiger partial charge on any atom is -0.493 e. The van der Waals surface area contributed by atoms with Crippen molar-refractivity contribution in [1.29, 1.82) is 0 Å². The molecule has 1 aromatic heterocycles. The maximum absolute atomic E-state index is 12.4. The van der Waals surface area contributed by atoms with Crippen LogP contribution in [0.25, 0.3) is 11.8 Å². The smallest absolute Gasteiger partial charge is 0.269 e. The van der Waals surface area contributed by atoms with Crippen LogP contribution < -0.4 is 10.1 Å². The molecule has 0 atom stereocenters. The first kappa shape index (κ1) is 19.8. The highest BCUT2D eigenvalue weighted by atomic mass is 16.6. The lowest BCUT2D eigenvalue weighted by Crippen LogP contribution is -2.12. The number of benzene rings is 2. The van der Waals surface area contributed by atoms with Crippen LogP contribution in [0.15, 0.2) is 60.7 Å². The number of aryl methyl sites for hydroxylation is 1. The van der Waals surface area contributed by atoms with Crippen molar-refractivity contribution in [2.45, 2.75) is 13.8 Å². The predicted octanol–water partition coefficient (Wildman–Crippen LogP) is 4.14. The van der Waals surface area contributed by atoms with E-state index in [1.54, 1.807) is 31.2 Å². The van der Waals surface area contributed by atoms with Gasteiger partial charge in [-0.05, 0) is 38.1 Å². The van der Waals surface area contributed by atoms with Crippen molar-refractivity contribution >= 4 is 23.5 Å². The Morgan fingerprint density at radius 3 is 2.66 bits per heavy atom. The summed E-state index contributed by atoms with van der Waals surface area (Å²) in [5, 5.41) is 18.0. The summed E-state index contributed by atoms with van der Waals surface area (Å²) < 4.78 is 7.08. The molecule has 8 nitrogen and oxygen atoms in total. The van der Waals surface area contributed by atoms with E-state index in [-0.39, 0.29) is 11.6 Å². The van der Waals surface area contributed by atoms with Gasteiger partial charge in [-0.25, -0.2) is 4.68 Å². The second-order valence-corrected chi connectivity index (χ2v) is 6.15. The third-order valence-corrected chi connectivity index (χ3v) is 4.02. The van der Waals surface area contributed by atoms with Crippen molar-refractivity contribution in [2.75, 3.05) is 11.9 Å². The molecule has 1 amide bonds. The number of carbonyl (C=O) groups excluding carboxylic acids is 1. The molecule has 0 aliphatic carbocycles. The molecule has 0 bridgehead atoms. The lowest BCUT2D eigenvalue weighted by atomic mass is 10.2. The molecule has 0 aliphatic rings. The van der Waals surface area contributed by atoms with Crippen molar-refractivity contribution in [3.63, 3.8) is 0 Å². The number of hydrogen-bond acceptors (Lipinski definition) is 5. The van der Waals surface area contributed by atoms with E-state index in [2.05, 4.69) is 10.4 Å². The standard InChI is InChI=1S/C21H20N4O4/c1-3-29-19-7-5-4-6-16(19)8-13-21(26)22-20-14-15(2)23-24(20)17-9-11-18(12-10-17)25(27)28/h4-14H,3H2,1-2H3,(H,22,26)/b13-8+. The van der Waals surface area contributed by atoms with E-state index < -0.39 is 4.92 Å². The monoisotopic (exact) mass is 392 g/mol. The van der Waals surface area contributed by atoms with Gasteiger partial charge in [-0.15, -0.1) is 0 Å². The van der Waals surface area contributed by atoms with Crippen LogP contribution in [0, 0.1) is 17.0 Å².